The number of benzene rings is 1. The normalized spacial score (nSPS) is 12.7. The molecule has 18 heavy (non-hydrogen) atoms. The Bertz CT molecular complexity index is 339. The number of thioether (sulfide) groups is 1. The number of halogens is 2. The maximum Gasteiger partial charge on any atom is 0.124 e. The van der Waals surface area contributed by atoms with Crippen LogP contribution in [0.15, 0.2) is 22.7 Å². The minimum absolute atomic E-state index is 0.171. The minimum atomic E-state index is -0.171. The first kappa shape index (κ1) is 16.0. The van der Waals surface area contributed by atoms with Crippen molar-refractivity contribution >= 4 is 27.7 Å². The van der Waals surface area contributed by atoms with Gasteiger partial charge in [-0.2, -0.15) is 11.8 Å². The van der Waals surface area contributed by atoms with Crippen LogP contribution in [-0.4, -0.2) is 24.1 Å². The molecule has 0 fully saturated rings. The lowest BCUT2D eigenvalue weighted by molar-refractivity contribution is 0.568. The molecule has 1 N–H and O–H groups in total. The Morgan fingerprint density at radius 1 is 1.33 bits per heavy atom. The van der Waals surface area contributed by atoms with Crippen LogP contribution in [0.25, 0.3) is 0 Å². The molecule has 0 amide bonds. The summed E-state index contributed by atoms with van der Waals surface area (Å²) in [4.78, 5) is 0. The monoisotopic (exact) mass is 333 g/mol. The van der Waals surface area contributed by atoms with Crippen molar-refractivity contribution < 1.29 is 4.39 Å². The molecule has 1 nitrogen and oxygen atoms in total. The summed E-state index contributed by atoms with van der Waals surface area (Å²) in [6, 6.07) is 5.54. The molecule has 0 bridgehead atoms. The van der Waals surface area contributed by atoms with Crippen LogP contribution in [0.5, 0.6) is 0 Å². The molecule has 0 aromatic heterocycles. The molecule has 1 aromatic carbocycles. The van der Waals surface area contributed by atoms with Crippen LogP contribution in [0.1, 0.15) is 25.8 Å². The van der Waals surface area contributed by atoms with Gasteiger partial charge in [-0.3, -0.25) is 0 Å². The van der Waals surface area contributed by atoms with Crippen molar-refractivity contribution in [2.45, 2.75) is 32.7 Å². The Morgan fingerprint density at radius 3 is 2.72 bits per heavy atom. The SMILES string of the molecule is CCCSCC(Cc1cc(F)cc(Br)c1)NCC. The van der Waals surface area contributed by atoms with Crippen LogP contribution in [0.3, 0.4) is 0 Å². The molecule has 1 atom stereocenters. The lowest BCUT2D eigenvalue weighted by atomic mass is 10.1. The van der Waals surface area contributed by atoms with Gasteiger partial charge in [0.2, 0.25) is 0 Å². The third-order valence-electron chi connectivity index (χ3n) is 2.56. The Morgan fingerprint density at radius 2 is 2.11 bits per heavy atom. The average Bonchev–Trinajstić information content (AvgIpc) is 2.28. The van der Waals surface area contributed by atoms with Gasteiger partial charge in [0.1, 0.15) is 5.82 Å². The van der Waals surface area contributed by atoms with E-state index in [2.05, 4.69) is 35.1 Å². The fraction of sp³-hybridized carbons (Fsp3) is 0.571. The first-order chi connectivity index (χ1) is 8.65. The molecular weight excluding hydrogens is 313 g/mol. The topological polar surface area (TPSA) is 12.0 Å². The summed E-state index contributed by atoms with van der Waals surface area (Å²) in [5.74, 6) is 2.10. The van der Waals surface area contributed by atoms with E-state index in [0.29, 0.717) is 6.04 Å². The standard InChI is InChI=1S/C14H21BrFNS/c1-3-5-18-10-14(17-4-2)8-11-6-12(15)9-13(16)7-11/h6-7,9,14,17H,3-5,8,10H2,1-2H3. The van der Waals surface area contributed by atoms with E-state index in [1.165, 1.54) is 18.2 Å². The van der Waals surface area contributed by atoms with Gasteiger partial charge >= 0.3 is 0 Å². The van der Waals surface area contributed by atoms with Gasteiger partial charge in [-0.15, -0.1) is 0 Å². The van der Waals surface area contributed by atoms with Crippen molar-refractivity contribution in [3.63, 3.8) is 0 Å². The number of hydrogen-bond acceptors (Lipinski definition) is 2. The zero-order valence-corrected chi connectivity index (χ0v) is 13.4. The van der Waals surface area contributed by atoms with Crippen LogP contribution >= 0.6 is 27.7 Å². The molecule has 4 heteroatoms. The van der Waals surface area contributed by atoms with Crippen molar-refractivity contribution in [1.29, 1.82) is 0 Å². The minimum Gasteiger partial charge on any atom is -0.313 e. The highest BCUT2D eigenvalue weighted by Gasteiger charge is 2.09. The predicted octanol–water partition coefficient (Wildman–Crippen LogP) is 4.25. The summed E-state index contributed by atoms with van der Waals surface area (Å²) in [6.45, 7) is 5.26. The third-order valence-corrected chi connectivity index (χ3v) is 4.36. The summed E-state index contributed by atoms with van der Waals surface area (Å²) in [6.07, 6.45) is 2.08. The largest absolute Gasteiger partial charge is 0.313 e. The van der Waals surface area contributed by atoms with Gasteiger partial charge in [0.25, 0.3) is 0 Å². The van der Waals surface area contributed by atoms with E-state index in [1.54, 1.807) is 6.07 Å². The number of rotatable bonds is 8. The quantitative estimate of drug-likeness (QED) is 0.713. The van der Waals surface area contributed by atoms with Crippen LogP contribution in [-0.2, 0) is 6.42 Å². The fourth-order valence-electron chi connectivity index (χ4n) is 1.86. The van der Waals surface area contributed by atoms with E-state index in [0.717, 1.165) is 28.8 Å². The number of likely N-dealkylation sites (N-methyl/N-ethyl adjacent to an activating group) is 1. The molecule has 0 aliphatic heterocycles. The maximum absolute atomic E-state index is 13.3. The van der Waals surface area contributed by atoms with E-state index in [-0.39, 0.29) is 5.82 Å². The molecule has 1 unspecified atom stereocenters. The van der Waals surface area contributed by atoms with Gasteiger partial charge in [0.05, 0.1) is 0 Å². The van der Waals surface area contributed by atoms with E-state index in [4.69, 9.17) is 0 Å². The first-order valence-electron chi connectivity index (χ1n) is 6.41. The van der Waals surface area contributed by atoms with Crippen LogP contribution in [0, 0.1) is 5.82 Å². The molecule has 0 saturated carbocycles. The molecule has 0 radical (unpaired) electrons. The molecule has 1 aromatic rings. The lowest BCUT2D eigenvalue weighted by Gasteiger charge is -2.17. The fourth-order valence-corrected chi connectivity index (χ4v) is 3.35. The van der Waals surface area contributed by atoms with E-state index >= 15 is 0 Å². The van der Waals surface area contributed by atoms with Gasteiger partial charge in [-0.1, -0.05) is 29.8 Å². The predicted molar refractivity (Wildman–Crippen MR) is 82.9 cm³/mol. The first-order valence-corrected chi connectivity index (χ1v) is 8.36. The summed E-state index contributed by atoms with van der Waals surface area (Å²) < 4.78 is 14.1. The van der Waals surface area contributed by atoms with E-state index in [1.807, 2.05) is 17.8 Å². The third kappa shape index (κ3) is 6.21. The molecule has 0 aliphatic rings. The molecule has 1 rings (SSSR count). The maximum atomic E-state index is 13.3. The second-order valence-electron chi connectivity index (χ2n) is 4.31. The molecule has 102 valence electrons. The molecule has 0 aliphatic carbocycles. The van der Waals surface area contributed by atoms with Crippen molar-refractivity contribution in [2.24, 2.45) is 0 Å². The van der Waals surface area contributed by atoms with Crippen molar-refractivity contribution in [2.75, 3.05) is 18.1 Å². The second kappa shape index (κ2) is 8.94. The summed E-state index contributed by atoms with van der Waals surface area (Å²) in [5.41, 5.74) is 1.05. The number of hydrogen-bond donors (Lipinski definition) is 1. The van der Waals surface area contributed by atoms with Crippen molar-refractivity contribution in [3.8, 4) is 0 Å². The van der Waals surface area contributed by atoms with Crippen molar-refractivity contribution in [3.05, 3.63) is 34.1 Å². The van der Waals surface area contributed by atoms with Gasteiger partial charge in [-0.25, -0.2) is 4.39 Å². The Hall–Kier alpha value is -0.0600. The molecule has 0 saturated heterocycles. The molecule has 0 heterocycles. The van der Waals surface area contributed by atoms with Crippen molar-refractivity contribution in [1.82, 2.24) is 5.32 Å². The smallest absolute Gasteiger partial charge is 0.124 e. The zero-order valence-electron chi connectivity index (χ0n) is 11.0. The Balaban J connectivity index is 2.58. The molecule has 0 spiro atoms. The van der Waals surface area contributed by atoms with Crippen LogP contribution in [0.2, 0.25) is 0 Å². The van der Waals surface area contributed by atoms with Gasteiger partial charge < -0.3 is 5.32 Å². The number of nitrogens with one attached hydrogen (secondary N) is 1. The summed E-state index contributed by atoms with van der Waals surface area (Å²) >= 11 is 5.30. The zero-order chi connectivity index (χ0) is 13.4. The Kier molecular flexibility index (Phi) is 7.95. The van der Waals surface area contributed by atoms with E-state index < -0.39 is 0 Å². The van der Waals surface area contributed by atoms with Crippen LogP contribution < -0.4 is 5.32 Å². The lowest BCUT2D eigenvalue weighted by Crippen LogP contribution is -2.33. The summed E-state index contributed by atoms with van der Waals surface area (Å²) in [5, 5.41) is 3.47. The second-order valence-corrected chi connectivity index (χ2v) is 6.38. The highest BCUT2D eigenvalue weighted by Crippen LogP contribution is 2.17. The average molecular weight is 334 g/mol. The van der Waals surface area contributed by atoms with Gasteiger partial charge in [-0.05, 0) is 48.9 Å². The van der Waals surface area contributed by atoms with E-state index in [9.17, 15) is 4.39 Å². The van der Waals surface area contributed by atoms with Gasteiger partial charge in [0, 0.05) is 16.3 Å². The van der Waals surface area contributed by atoms with Gasteiger partial charge in [0.15, 0.2) is 0 Å². The Labute approximate surface area is 122 Å². The highest BCUT2D eigenvalue weighted by atomic mass is 79.9. The van der Waals surface area contributed by atoms with Crippen LogP contribution in [0.4, 0.5) is 4.39 Å². The molecular formula is C14H21BrFNS. The summed E-state index contributed by atoms with van der Waals surface area (Å²) in [7, 11) is 0. The highest BCUT2D eigenvalue weighted by molar-refractivity contribution is 9.10.